The molecule has 0 aromatic heterocycles. The molecule has 1 heterocycles. The molecule has 1 aliphatic heterocycles. The van der Waals surface area contributed by atoms with Crippen LogP contribution in [0.15, 0.2) is 0 Å². The summed E-state index contributed by atoms with van der Waals surface area (Å²) in [6.07, 6.45) is 7.89. The summed E-state index contributed by atoms with van der Waals surface area (Å²) in [5.74, 6) is 1.41. The van der Waals surface area contributed by atoms with Crippen molar-refractivity contribution in [2.45, 2.75) is 57.9 Å². The summed E-state index contributed by atoms with van der Waals surface area (Å²) in [7, 11) is -1.04. The highest BCUT2D eigenvalue weighted by Crippen LogP contribution is 2.28. The second-order valence-corrected chi connectivity index (χ2v) is 8.61. The smallest absolute Gasteiger partial charge is 0.214 e. The third kappa shape index (κ3) is 4.18. The first-order valence-electron chi connectivity index (χ1n) is 8.18. The Hall–Kier alpha value is -0.130. The van der Waals surface area contributed by atoms with Crippen LogP contribution < -0.4 is 5.32 Å². The van der Waals surface area contributed by atoms with Gasteiger partial charge in [-0.3, -0.25) is 0 Å². The van der Waals surface area contributed by atoms with Crippen LogP contribution in [-0.2, 0) is 10.0 Å². The van der Waals surface area contributed by atoms with Crippen LogP contribution in [0, 0.1) is 11.8 Å². The lowest BCUT2D eigenvalue weighted by atomic mass is 9.91. The summed E-state index contributed by atoms with van der Waals surface area (Å²) >= 11 is 0. The normalized spacial score (nSPS) is 25.7. The zero-order valence-corrected chi connectivity index (χ0v) is 13.8. The average molecular weight is 302 g/mol. The van der Waals surface area contributed by atoms with Crippen molar-refractivity contribution in [1.82, 2.24) is 9.62 Å². The Morgan fingerprint density at radius 3 is 2.25 bits per heavy atom. The Morgan fingerprint density at radius 2 is 1.70 bits per heavy atom. The van der Waals surface area contributed by atoms with Crippen LogP contribution in [0.4, 0.5) is 0 Å². The molecule has 1 N–H and O–H groups in total. The van der Waals surface area contributed by atoms with E-state index in [2.05, 4.69) is 12.2 Å². The molecule has 2 fully saturated rings. The summed E-state index contributed by atoms with van der Waals surface area (Å²) < 4.78 is 26.8. The van der Waals surface area contributed by atoms with Crippen molar-refractivity contribution in [1.29, 1.82) is 0 Å². The van der Waals surface area contributed by atoms with Gasteiger partial charge in [0, 0.05) is 19.1 Å². The van der Waals surface area contributed by atoms with E-state index in [0.717, 1.165) is 25.7 Å². The molecule has 0 radical (unpaired) electrons. The highest BCUT2D eigenvalue weighted by atomic mass is 32.2. The minimum atomic E-state index is -3.03. The van der Waals surface area contributed by atoms with Gasteiger partial charge in [-0.15, -0.1) is 0 Å². The van der Waals surface area contributed by atoms with Gasteiger partial charge in [-0.2, -0.15) is 0 Å². The molecular weight excluding hydrogens is 272 g/mol. The predicted molar refractivity (Wildman–Crippen MR) is 83.2 cm³/mol. The van der Waals surface area contributed by atoms with E-state index in [1.165, 1.54) is 19.3 Å². The molecule has 1 aliphatic carbocycles. The summed E-state index contributed by atoms with van der Waals surface area (Å²) in [6, 6.07) is 0.484. The first-order chi connectivity index (χ1) is 9.53. The van der Waals surface area contributed by atoms with Gasteiger partial charge in [-0.05, 0) is 51.5 Å². The Balaban J connectivity index is 1.85. The zero-order chi connectivity index (χ0) is 14.6. The van der Waals surface area contributed by atoms with Gasteiger partial charge in [0.15, 0.2) is 0 Å². The summed E-state index contributed by atoms with van der Waals surface area (Å²) in [5, 5.41) is 3.29. The maximum absolute atomic E-state index is 12.5. The fourth-order valence-corrected chi connectivity index (χ4v) is 5.55. The van der Waals surface area contributed by atoms with Crippen LogP contribution in [0.5, 0.6) is 0 Å². The number of piperidine rings is 1. The first kappa shape index (κ1) is 16.2. The number of sulfonamides is 1. The molecule has 1 unspecified atom stereocenters. The molecule has 4 nitrogen and oxygen atoms in total. The molecule has 0 aromatic rings. The van der Waals surface area contributed by atoms with E-state index < -0.39 is 10.0 Å². The number of rotatable bonds is 5. The van der Waals surface area contributed by atoms with Crippen LogP contribution in [0.3, 0.4) is 0 Å². The van der Waals surface area contributed by atoms with Gasteiger partial charge < -0.3 is 5.32 Å². The lowest BCUT2D eigenvalue weighted by Gasteiger charge is -2.35. The van der Waals surface area contributed by atoms with Gasteiger partial charge in [-0.25, -0.2) is 12.7 Å². The molecule has 0 bridgehead atoms. The van der Waals surface area contributed by atoms with E-state index >= 15 is 0 Å². The van der Waals surface area contributed by atoms with E-state index in [0.29, 0.717) is 36.7 Å². The Bertz CT molecular complexity index is 383. The van der Waals surface area contributed by atoms with Crippen molar-refractivity contribution < 1.29 is 8.42 Å². The molecule has 0 aromatic carbocycles. The molecule has 1 saturated carbocycles. The molecule has 1 atom stereocenters. The fraction of sp³-hybridized carbons (Fsp3) is 1.00. The highest BCUT2D eigenvalue weighted by molar-refractivity contribution is 7.89. The van der Waals surface area contributed by atoms with E-state index in [1.54, 1.807) is 4.31 Å². The third-order valence-electron chi connectivity index (χ3n) is 5.23. The monoisotopic (exact) mass is 302 g/mol. The Morgan fingerprint density at radius 1 is 1.10 bits per heavy atom. The van der Waals surface area contributed by atoms with Crippen LogP contribution in [0.1, 0.15) is 51.9 Å². The van der Waals surface area contributed by atoms with Gasteiger partial charge in [0.1, 0.15) is 0 Å². The fourth-order valence-electron chi connectivity index (χ4n) is 3.65. The SMILES string of the molecule is CNC(C)C1CCN(S(=O)(=O)CC2CCCCC2)CC1. The Labute approximate surface area is 124 Å². The van der Waals surface area contributed by atoms with E-state index in [4.69, 9.17) is 0 Å². The van der Waals surface area contributed by atoms with Crippen molar-refractivity contribution >= 4 is 10.0 Å². The summed E-state index contributed by atoms with van der Waals surface area (Å²) in [6.45, 7) is 3.62. The van der Waals surface area contributed by atoms with Gasteiger partial charge in [0.2, 0.25) is 10.0 Å². The highest BCUT2D eigenvalue weighted by Gasteiger charge is 2.31. The quantitative estimate of drug-likeness (QED) is 0.847. The molecule has 2 rings (SSSR count). The molecule has 0 spiro atoms. The standard InChI is InChI=1S/C15H30N2O2S/c1-13(16-2)15-8-10-17(11-9-15)20(18,19)12-14-6-4-3-5-7-14/h13-16H,3-12H2,1-2H3. The lowest BCUT2D eigenvalue weighted by molar-refractivity contribution is 0.235. The van der Waals surface area contributed by atoms with Crippen LogP contribution >= 0.6 is 0 Å². The number of nitrogens with one attached hydrogen (secondary N) is 1. The largest absolute Gasteiger partial charge is 0.317 e. The van der Waals surface area contributed by atoms with Gasteiger partial charge in [-0.1, -0.05) is 19.3 Å². The molecule has 1 saturated heterocycles. The minimum absolute atomic E-state index is 0.388. The molecule has 0 amide bonds. The molecule has 118 valence electrons. The zero-order valence-electron chi connectivity index (χ0n) is 13.0. The second kappa shape index (κ2) is 7.23. The maximum Gasteiger partial charge on any atom is 0.214 e. The average Bonchev–Trinajstić information content (AvgIpc) is 2.47. The van der Waals surface area contributed by atoms with Crippen molar-refractivity contribution in [3.8, 4) is 0 Å². The molecule has 20 heavy (non-hydrogen) atoms. The first-order valence-corrected chi connectivity index (χ1v) is 9.79. The van der Waals surface area contributed by atoms with Gasteiger partial charge in [0.25, 0.3) is 0 Å². The lowest BCUT2D eigenvalue weighted by Crippen LogP contribution is -2.44. The number of hydrogen-bond donors (Lipinski definition) is 1. The van der Waals surface area contributed by atoms with E-state index in [1.807, 2.05) is 7.05 Å². The van der Waals surface area contributed by atoms with E-state index in [-0.39, 0.29) is 0 Å². The topological polar surface area (TPSA) is 49.4 Å². The van der Waals surface area contributed by atoms with Crippen LogP contribution in [0.25, 0.3) is 0 Å². The molecule has 5 heteroatoms. The van der Waals surface area contributed by atoms with Crippen LogP contribution in [-0.4, -0.2) is 44.7 Å². The maximum atomic E-state index is 12.5. The second-order valence-electron chi connectivity index (χ2n) is 6.60. The summed E-state index contributed by atoms with van der Waals surface area (Å²) in [5.41, 5.74) is 0. The van der Waals surface area contributed by atoms with Crippen LogP contribution in [0.2, 0.25) is 0 Å². The van der Waals surface area contributed by atoms with Crippen molar-refractivity contribution in [3.63, 3.8) is 0 Å². The third-order valence-corrected chi connectivity index (χ3v) is 7.27. The minimum Gasteiger partial charge on any atom is -0.317 e. The molecular formula is C15H30N2O2S. The predicted octanol–water partition coefficient (Wildman–Crippen LogP) is 2.22. The van der Waals surface area contributed by atoms with Crippen molar-refractivity contribution in [2.24, 2.45) is 11.8 Å². The van der Waals surface area contributed by atoms with Gasteiger partial charge in [0.05, 0.1) is 5.75 Å². The van der Waals surface area contributed by atoms with Gasteiger partial charge >= 0.3 is 0 Å². The van der Waals surface area contributed by atoms with E-state index in [9.17, 15) is 8.42 Å². The molecule has 2 aliphatic rings. The number of hydrogen-bond acceptors (Lipinski definition) is 3. The van der Waals surface area contributed by atoms with Crippen molar-refractivity contribution in [3.05, 3.63) is 0 Å². The summed E-state index contributed by atoms with van der Waals surface area (Å²) in [4.78, 5) is 0. The number of nitrogens with zero attached hydrogens (tertiary/aromatic N) is 1. The Kier molecular flexibility index (Phi) is 5.87. The van der Waals surface area contributed by atoms with Crippen molar-refractivity contribution in [2.75, 3.05) is 25.9 Å².